The third kappa shape index (κ3) is 3.26. The molecule has 2 N–H and O–H groups in total. The molecule has 0 spiro atoms. The Morgan fingerprint density at radius 2 is 2.05 bits per heavy atom. The summed E-state index contributed by atoms with van der Waals surface area (Å²) in [6, 6.07) is 15.7. The van der Waals surface area contributed by atoms with Crippen molar-refractivity contribution in [1.82, 2.24) is 10.3 Å². The van der Waals surface area contributed by atoms with E-state index in [4.69, 9.17) is 0 Å². The van der Waals surface area contributed by atoms with Gasteiger partial charge in [-0.1, -0.05) is 31.2 Å². The first-order chi connectivity index (χ1) is 10.8. The average Bonchev–Trinajstić information content (AvgIpc) is 2.97. The van der Waals surface area contributed by atoms with E-state index in [0.29, 0.717) is 6.54 Å². The van der Waals surface area contributed by atoms with Crippen molar-refractivity contribution in [1.29, 1.82) is 0 Å². The van der Waals surface area contributed by atoms with Gasteiger partial charge in [-0.05, 0) is 30.7 Å². The number of para-hydroxylation sites is 1. The van der Waals surface area contributed by atoms with E-state index in [1.807, 2.05) is 49.4 Å². The number of nitrogens with one attached hydrogen (secondary N) is 2. The monoisotopic (exact) mass is 311 g/mol. The van der Waals surface area contributed by atoms with E-state index in [0.717, 1.165) is 32.9 Å². The fraction of sp³-hybridized carbons (Fsp3) is 0.176. The van der Waals surface area contributed by atoms with Crippen molar-refractivity contribution in [3.8, 4) is 10.6 Å². The number of urea groups is 1. The second kappa shape index (κ2) is 6.58. The van der Waals surface area contributed by atoms with Crippen LogP contribution >= 0.6 is 11.3 Å². The van der Waals surface area contributed by atoms with Crippen LogP contribution in [0, 0.1) is 0 Å². The molecule has 0 aliphatic heterocycles. The minimum Gasteiger partial charge on any atom is -0.338 e. The highest BCUT2D eigenvalue weighted by Gasteiger charge is 2.07. The van der Waals surface area contributed by atoms with Crippen molar-refractivity contribution < 1.29 is 4.79 Å². The summed E-state index contributed by atoms with van der Waals surface area (Å²) < 4.78 is 1.16. The number of hydrogen-bond acceptors (Lipinski definition) is 3. The van der Waals surface area contributed by atoms with Gasteiger partial charge in [-0.25, -0.2) is 9.78 Å². The average molecular weight is 311 g/mol. The summed E-state index contributed by atoms with van der Waals surface area (Å²) in [6.45, 7) is 2.69. The molecule has 2 amide bonds. The van der Waals surface area contributed by atoms with Crippen molar-refractivity contribution in [3.05, 3.63) is 48.5 Å². The molecule has 1 aromatic heterocycles. The number of hydrogen-bond donors (Lipinski definition) is 2. The number of anilines is 1. The number of aromatic nitrogens is 1. The SMILES string of the molecule is CCCNC(=O)Nc1cccc(-c2nc3ccccc3s2)c1. The van der Waals surface area contributed by atoms with Crippen LogP contribution in [0.2, 0.25) is 0 Å². The van der Waals surface area contributed by atoms with Gasteiger partial charge in [0.2, 0.25) is 0 Å². The normalized spacial score (nSPS) is 10.6. The van der Waals surface area contributed by atoms with Gasteiger partial charge in [-0.2, -0.15) is 0 Å². The van der Waals surface area contributed by atoms with Gasteiger partial charge in [-0.3, -0.25) is 0 Å². The number of amides is 2. The molecule has 0 radical (unpaired) electrons. The number of rotatable bonds is 4. The second-order valence-electron chi connectivity index (χ2n) is 4.95. The smallest absolute Gasteiger partial charge is 0.319 e. The molecule has 22 heavy (non-hydrogen) atoms. The van der Waals surface area contributed by atoms with Gasteiger partial charge < -0.3 is 10.6 Å². The Balaban J connectivity index is 1.82. The number of nitrogens with zero attached hydrogens (tertiary/aromatic N) is 1. The lowest BCUT2D eigenvalue weighted by Gasteiger charge is -2.07. The molecule has 0 atom stereocenters. The zero-order valence-electron chi connectivity index (χ0n) is 12.3. The van der Waals surface area contributed by atoms with Gasteiger partial charge in [0.1, 0.15) is 5.01 Å². The number of carbonyl (C=O) groups is 1. The van der Waals surface area contributed by atoms with Crippen molar-refractivity contribution >= 4 is 33.3 Å². The predicted octanol–water partition coefficient (Wildman–Crippen LogP) is 4.49. The summed E-state index contributed by atoms with van der Waals surface area (Å²) >= 11 is 1.65. The van der Waals surface area contributed by atoms with Crippen LogP contribution < -0.4 is 10.6 Å². The number of carbonyl (C=O) groups excluding carboxylic acids is 1. The molecular weight excluding hydrogens is 294 g/mol. The van der Waals surface area contributed by atoms with Crippen molar-refractivity contribution in [3.63, 3.8) is 0 Å². The summed E-state index contributed by atoms with van der Waals surface area (Å²) in [5, 5.41) is 6.60. The lowest BCUT2D eigenvalue weighted by Crippen LogP contribution is -2.29. The van der Waals surface area contributed by atoms with Gasteiger partial charge in [0, 0.05) is 17.8 Å². The maximum absolute atomic E-state index is 11.7. The number of thiazole rings is 1. The molecule has 0 aliphatic rings. The summed E-state index contributed by atoms with van der Waals surface area (Å²) in [6.07, 6.45) is 0.916. The first-order valence-corrected chi connectivity index (χ1v) is 8.09. The van der Waals surface area contributed by atoms with Crippen molar-refractivity contribution in [2.45, 2.75) is 13.3 Å². The number of benzene rings is 2. The van der Waals surface area contributed by atoms with Crippen LogP contribution in [0.3, 0.4) is 0 Å². The van der Waals surface area contributed by atoms with Crippen LogP contribution in [-0.2, 0) is 0 Å². The summed E-state index contributed by atoms with van der Waals surface area (Å²) in [7, 11) is 0. The molecule has 112 valence electrons. The Hall–Kier alpha value is -2.40. The van der Waals surface area contributed by atoms with Gasteiger partial charge in [0.15, 0.2) is 0 Å². The fourth-order valence-electron chi connectivity index (χ4n) is 2.14. The molecule has 0 aliphatic carbocycles. The molecule has 3 rings (SSSR count). The van der Waals surface area contributed by atoms with Crippen LogP contribution in [0.5, 0.6) is 0 Å². The topological polar surface area (TPSA) is 54.0 Å². The van der Waals surface area contributed by atoms with E-state index in [1.54, 1.807) is 11.3 Å². The predicted molar refractivity (Wildman–Crippen MR) is 92.4 cm³/mol. The highest BCUT2D eigenvalue weighted by molar-refractivity contribution is 7.21. The molecule has 0 saturated heterocycles. The van der Waals surface area contributed by atoms with E-state index in [9.17, 15) is 4.79 Å². The third-order valence-electron chi connectivity index (χ3n) is 3.20. The molecule has 3 aromatic rings. The first-order valence-electron chi connectivity index (χ1n) is 7.27. The zero-order valence-corrected chi connectivity index (χ0v) is 13.1. The Morgan fingerprint density at radius 3 is 2.86 bits per heavy atom. The summed E-state index contributed by atoms with van der Waals surface area (Å²) in [5.74, 6) is 0. The molecule has 0 saturated carbocycles. The maximum Gasteiger partial charge on any atom is 0.319 e. The van der Waals surface area contributed by atoms with E-state index in [-0.39, 0.29) is 6.03 Å². The Morgan fingerprint density at radius 1 is 1.18 bits per heavy atom. The van der Waals surface area contributed by atoms with Gasteiger partial charge in [0.25, 0.3) is 0 Å². The molecule has 0 fully saturated rings. The van der Waals surface area contributed by atoms with Gasteiger partial charge in [0.05, 0.1) is 10.2 Å². The molecule has 5 heteroatoms. The van der Waals surface area contributed by atoms with E-state index in [2.05, 4.69) is 21.7 Å². The zero-order chi connectivity index (χ0) is 15.4. The molecule has 1 heterocycles. The first kappa shape index (κ1) is 14.5. The van der Waals surface area contributed by atoms with Crippen LogP contribution in [0.1, 0.15) is 13.3 Å². The van der Waals surface area contributed by atoms with Gasteiger partial charge in [-0.15, -0.1) is 11.3 Å². The molecule has 0 bridgehead atoms. The second-order valence-corrected chi connectivity index (χ2v) is 5.98. The minimum atomic E-state index is -0.178. The van der Waals surface area contributed by atoms with Crippen LogP contribution in [0.4, 0.5) is 10.5 Å². The molecule has 2 aromatic carbocycles. The Labute approximate surface area is 133 Å². The quantitative estimate of drug-likeness (QED) is 0.745. The lowest BCUT2D eigenvalue weighted by molar-refractivity contribution is 0.252. The van der Waals surface area contributed by atoms with Gasteiger partial charge >= 0.3 is 6.03 Å². The standard InChI is InChI=1S/C17H17N3OS/c1-2-10-18-17(21)19-13-7-5-6-12(11-13)16-20-14-8-3-4-9-15(14)22-16/h3-9,11H,2,10H2,1H3,(H2,18,19,21). The highest BCUT2D eigenvalue weighted by atomic mass is 32.1. The molecular formula is C17H17N3OS. The lowest BCUT2D eigenvalue weighted by atomic mass is 10.2. The summed E-state index contributed by atoms with van der Waals surface area (Å²) in [5.41, 5.74) is 2.78. The highest BCUT2D eigenvalue weighted by Crippen LogP contribution is 2.31. The largest absolute Gasteiger partial charge is 0.338 e. The van der Waals surface area contributed by atoms with Crippen molar-refractivity contribution in [2.75, 3.05) is 11.9 Å². The van der Waals surface area contributed by atoms with Crippen LogP contribution in [0.25, 0.3) is 20.8 Å². The van der Waals surface area contributed by atoms with E-state index < -0.39 is 0 Å². The van der Waals surface area contributed by atoms with Crippen LogP contribution in [-0.4, -0.2) is 17.6 Å². The number of fused-ring (bicyclic) bond motifs is 1. The Kier molecular flexibility index (Phi) is 4.34. The van der Waals surface area contributed by atoms with Crippen LogP contribution in [0.15, 0.2) is 48.5 Å². The summed E-state index contributed by atoms with van der Waals surface area (Å²) in [4.78, 5) is 16.4. The van der Waals surface area contributed by atoms with E-state index in [1.165, 1.54) is 0 Å². The maximum atomic E-state index is 11.7. The third-order valence-corrected chi connectivity index (χ3v) is 4.28. The fourth-order valence-corrected chi connectivity index (χ4v) is 3.10. The minimum absolute atomic E-state index is 0.178. The van der Waals surface area contributed by atoms with E-state index >= 15 is 0 Å². The Bertz CT molecular complexity index is 764. The van der Waals surface area contributed by atoms with Crippen molar-refractivity contribution in [2.24, 2.45) is 0 Å². The molecule has 0 unspecified atom stereocenters. The molecule has 4 nitrogen and oxygen atoms in total.